The van der Waals surface area contributed by atoms with Crippen LogP contribution in [0, 0.1) is 0 Å². The number of methoxy groups -OCH3 is 1. The summed E-state index contributed by atoms with van der Waals surface area (Å²) in [7, 11) is 0.0880. The molecule has 7 heteroatoms. The lowest BCUT2D eigenvalue weighted by molar-refractivity contribution is -0.130. The van der Waals surface area contributed by atoms with Crippen molar-refractivity contribution in [2.45, 2.75) is 51.1 Å². The van der Waals surface area contributed by atoms with Crippen LogP contribution in [-0.2, 0) is 23.3 Å². The highest BCUT2D eigenvalue weighted by Gasteiger charge is 2.42. The highest BCUT2D eigenvalue weighted by atomic mass is 31.2. The standard InChI is InChI=1S/C14H24NO5P/c1-5-11-8-15(14(16)9-17-4)21(19-11)20-13-7-10(3)18-12(13)6-2/h5,10-13H,1,6-9H2,2-4H3/t10-,11?,12+,13?,21?/m0/s1. The predicted octanol–water partition coefficient (Wildman–Crippen LogP) is 2.25. The number of rotatable bonds is 6. The van der Waals surface area contributed by atoms with Crippen LogP contribution in [0.4, 0.5) is 0 Å². The largest absolute Gasteiger partial charge is 0.375 e. The Balaban J connectivity index is 2.01. The van der Waals surface area contributed by atoms with Gasteiger partial charge in [-0.3, -0.25) is 9.46 Å². The van der Waals surface area contributed by atoms with Gasteiger partial charge in [-0.2, -0.15) is 0 Å². The van der Waals surface area contributed by atoms with Crippen molar-refractivity contribution < 1.29 is 23.3 Å². The van der Waals surface area contributed by atoms with E-state index in [2.05, 4.69) is 13.5 Å². The van der Waals surface area contributed by atoms with Crippen molar-refractivity contribution in [1.29, 1.82) is 0 Å². The van der Waals surface area contributed by atoms with Crippen molar-refractivity contribution in [3.8, 4) is 0 Å². The van der Waals surface area contributed by atoms with Crippen LogP contribution in [0.25, 0.3) is 0 Å². The Kier molecular flexibility index (Phi) is 6.14. The molecule has 2 rings (SSSR count). The lowest BCUT2D eigenvalue weighted by atomic mass is 10.1. The molecule has 0 aromatic heterocycles. The van der Waals surface area contributed by atoms with Gasteiger partial charge in [-0.25, -0.2) is 0 Å². The molecule has 0 aromatic rings. The maximum atomic E-state index is 12.1. The Morgan fingerprint density at radius 3 is 2.95 bits per heavy atom. The second-order valence-corrected chi connectivity index (χ2v) is 6.68. The van der Waals surface area contributed by atoms with Crippen molar-refractivity contribution in [2.24, 2.45) is 0 Å². The molecule has 120 valence electrons. The van der Waals surface area contributed by atoms with E-state index in [-0.39, 0.29) is 36.9 Å². The summed E-state index contributed by atoms with van der Waals surface area (Å²) in [5.41, 5.74) is 0. The number of ether oxygens (including phenoxy) is 2. The second kappa shape index (κ2) is 7.65. The minimum absolute atomic E-state index is 0.0301. The molecule has 0 N–H and O–H groups in total. The molecule has 0 radical (unpaired) electrons. The van der Waals surface area contributed by atoms with Crippen LogP contribution in [0.2, 0.25) is 0 Å². The van der Waals surface area contributed by atoms with Gasteiger partial charge < -0.3 is 18.5 Å². The summed E-state index contributed by atoms with van der Waals surface area (Å²) in [6, 6.07) is 0. The first-order valence-corrected chi connectivity index (χ1v) is 8.43. The van der Waals surface area contributed by atoms with Crippen molar-refractivity contribution in [3.05, 3.63) is 12.7 Å². The SMILES string of the molecule is C=CC1CN(C(=O)COC)P(OC2C[C@H](C)O[C@@H]2CC)O1. The molecule has 2 saturated heterocycles. The van der Waals surface area contributed by atoms with E-state index in [1.54, 1.807) is 10.7 Å². The zero-order valence-corrected chi connectivity index (χ0v) is 13.8. The third-order valence-corrected chi connectivity index (χ3v) is 5.29. The molecular weight excluding hydrogens is 293 g/mol. The Hall–Kier alpha value is -0.520. The van der Waals surface area contributed by atoms with Gasteiger partial charge in [-0.1, -0.05) is 13.0 Å². The molecule has 2 aliphatic heterocycles. The van der Waals surface area contributed by atoms with Gasteiger partial charge in [0.15, 0.2) is 0 Å². The number of amides is 1. The number of carbonyl (C=O) groups is 1. The first-order chi connectivity index (χ1) is 10.1. The van der Waals surface area contributed by atoms with E-state index >= 15 is 0 Å². The van der Waals surface area contributed by atoms with E-state index < -0.39 is 8.53 Å². The normalized spacial score (nSPS) is 36.1. The summed E-state index contributed by atoms with van der Waals surface area (Å²) in [5, 5.41) is 0. The van der Waals surface area contributed by atoms with Crippen molar-refractivity contribution in [3.63, 3.8) is 0 Å². The van der Waals surface area contributed by atoms with Crippen LogP contribution in [0.1, 0.15) is 26.7 Å². The molecule has 0 aliphatic carbocycles. The summed E-state index contributed by atoms with van der Waals surface area (Å²) in [6.45, 7) is 8.34. The number of carbonyl (C=O) groups excluding carboxylic acids is 1. The average molecular weight is 317 g/mol. The summed E-state index contributed by atoms with van der Waals surface area (Å²) in [4.78, 5) is 12.1. The molecule has 2 aliphatic rings. The van der Waals surface area contributed by atoms with E-state index in [0.717, 1.165) is 12.8 Å². The third-order valence-electron chi connectivity index (χ3n) is 3.61. The summed E-state index contributed by atoms with van der Waals surface area (Å²) in [5.74, 6) is -0.118. The van der Waals surface area contributed by atoms with Crippen LogP contribution in [0.3, 0.4) is 0 Å². The molecule has 0 spiro atoms. The quantitative estimate of drug-likeness (QED) is 0.555. The number of hydrogen-bond acceptors (Lipinski definition) is 5. The Morgan fingerprint density at radius 2 is 2.33 bits per heavy atom. The fourth-order valence-electron chi connectivity index (χ4n) is 2.54. The van der Waals surface area contributed by atoms with E-state index in [9.17, 15) is 4.79 Å². The fourth-order valence-corrected chi connectivity index (χ4v) is 4.19. The first kappa shape index (κ1) is 16.8. The molecule has 0 saturated carbocycles. The van der Waals surface area contributed by atoms with E-state index in [4.69, 9.17) is 18.5 Å². The molecule has 3 unspecified atom stereocenters. The van der Waals surface area contributed by atoms with Crippen LogP contribution in [-0.4, -0.2) is 55.3 Å². The topological polar surface area (TPSA) is 57.2 Å². The van der Waals surface area contributed by atoms with Gasteiger partial charge in [0.05, 0.1) is 24.9 Å². The van der Waals surface area contributed by atoms with Crippen molar-refractivity contribution in [1.82, 2.24) is 4.67 Å². The first-order valence-electron chi connectivity index (χ1n) is 7.29. The lowest BCUT2D eigenvalue weighted by Crippen LogP contribution is -2.31. The number of hydrogen-bond donors (Lipinski definition) is 0. The maximum Gasteiger partial charge on any atom is 0.293 e. The van der Waals surface area contributed by atoms with E-state index in [0.29, 0.717) is 6.54 Å². The summed E-state index contributed by atoms with van der Waals surface area (Å²) >= 11 is 0. The van der Waals surface area contributed by atoms with Crippen molar-refractivity contribution in [2.75, 3.05) is 20.3 Å². The third kappa shape index (κ3) is 4.02. The molecule has 0 aromatic carbocycles. The average Bonchev–Trinajstić information content (AvgIpc) is 3.02. The molecule has 2 fully saturated rings. The Labute approximate surface area is 127 Å². The molecule has 2 heterocycles. The number of nitrogens with zero attached hydrogens (tertiary/aromatic N) is 1. The zero-order chi connectivity index (χ0) is 15.4. The van der Waals surface area contributed by atoms with Gasteiger partial charge in [0.25, 0.3) is 14.4 Å². The summed E-state index contributed by atoms with van der Waals surface area (Å²) < 4.78 is 24.2. The minimum atomic E-state index is -1.41. The molecule has 0 bridgehead atoms. The highest BCUT2D eigenvalue weighted by molar-refractivity contribution is 7.45. The lowest BCUT2D eigenvalue weighted by Gasteiger charge is -2.25. The molecule has 1 amide bonds. The van der Waals surface area contributed by atoms with Gasteiger partial charge in [0.2, 0.25) is 0 Å². The van der Waals surface area contributed by atoms with Crippen molar-refractivity contribution >= 4 is 14.4 Å². The van der Waals surface area contributed by atoms with E-state index in [1.165, 1.54) is 7.11 Å². The van der Waals surface area contributed by atoms with Gasteiger partial charge in [0, 0.05) is 13.5 Å². The minimum Gasteiger partial charge on any atom is -0.375 e. The fraction of sp³-hybridized carbons (Fsp3) is 0.786. The van der Waals surface area contributed by atoms with Crippen LogP contribution < -0.4 is 0 Å². The van der Waals surface area contributed by atoms with Crippen LogP contribution in [0.5, 0.6) is 0 Å². The molecule has 6 nitrogen and oxygen atoms in total. The maximum absolute atomic E-state index is 12.1. The monoisotopic (exact) mass is 317 g/mol. The highest BCUT2D eigenvalue weighted by Crippen LogP contribution is 2.52. The van der Waals surface area contributed by atoms with E-state index in [1.807, 2.05) is 6.92 Å². The van der Waals surface area contributed by atoms with Crippen LogP contribution in [0.15, 0.2) is 12.7 Å². The molecular formula is C14H24NO5P. The van der Waals surface area contributed by atoms with Gasteiger partial charge in [-0.05, 0) is 13.3 Å². The van der Waals surface area contributed by atoms with Gasteiger partial charge in [-0.15, -0.1) is 6.58 Å². The van der Waals surface area contributed by atoms with Gasteiger partial charge >= 0.3 is 0 Å². The predicted molar refractivity (Wildman–Crippen MR) is 79.7 cm³/mol. The Morgan fingerprint density at radius 1 is 1.57 bits per heavy atom. The smallest absolute Gasteiger partial charge is 0.293 e. The molecule has 5 atom stereocenters. The Bertz CT molecular complexity index is 380. The second-order valence-electron chi connectivity index (χ2n) is 5.30. The molecule has 21 heavy (non-hydrogen) atoms. The van der Waals surface area contributed by atoms with Crippen LogP contribution >= 0.6 is 8.53 Å². The zero-order valence-electron chi connectivity index (χ0n) is 12.9. The summed E-state index contributed by atoms with van der Waals surface area (Å²) in [6.07, 6.45) is 3.43. The van der Waals surface area contributed by atoms with Gasteiger partial charge in [0.1, 0.15) is 12.7 Å².